The van der Waals surface area contributed by atoms with Crippen LogP contribution in [-0.2, 0) is 4.79 Å². The minimum absolute atomic E-state index is 0.0606. The number of carbonyl (C=O) groups excluding carboxylic acids is 1. The second-order valence-corrected chi connectivity index (χ2v) is 5.91. The van der Waals surface area contributed by atoms with Gasteiger partial charge in [0.05, 0.1) is 22.5 Å². The normalized spacial score (nSPS) is 10.8. The number of thioether (sulfide) groups is 1. The number of fused-ring (bicyclic) bond motifs is 1. The smallest absolute Gasteiger partial charge is 0.230 e. The standard InChI is InChI=1S/C16H21N3OS/c1-3-4-7-10-17-15(20)11-21-16-12(2)18-13-8-5-6-9-14(13)19-16/h5-6,8-9H,3-4,7,10-11H2,1-2H3,(H,17,20). The van der Waals surface area contributed by atoms with Crippen LogP contribution in [0.3, 0.4) is 0 Å². The molecule has 2 aromatic rings. The fraction of sp³-hybridized carbons (Fsp3) is 0.438. The van der Waals surface area contributed by atoms with E-state index in [2.05, 4.69) is 22.2 Å². The van der Waals surface area contributed by atoms with E-state index in [4.69, 9.17) is 0 Å². The third kappa shape index (κ3) is 4.70. The summed E-state index contributed by atoms with van der Waals surface area (Å²) in [7, 11) is 0. The maximum Gasteiger partial charge on any atom is 0.230 e. The zero-order valence-electron chi connectivity index (χ0n) is 12.6. The molecule has 0 saturated carbocycles. The van der Waals surface area contributed by atoms with E-state index in [0.717, 1.165) is 47.6 Å². The molecule has 1 N–H and O–H groups in total. The fourth-order valence-electron chi connectivity index (χ4n) is 2.00. The Morgan fingerprint density at radius 2 is 1.90 bits per heavy atom. The molecule has 0 aliphatic rings. The van der Waals surface area contributed by atoms with Crippen molar-refractivity contribution in [3.63, 3.8) is 0 Å². The van der Waals surface area contributed by atoms with Gasteiger partial charge in [0, 0.05) is 6.54 Å². The van der Waals surface area contributed by atoms with Gasteiger partial charge in [0.1, 0.15) is 5.03 Å². The molecule has 1 amide bonds. The summed E-state index contributed by atoms with van der Waals surface area (Å²) < 4.78 is 0. The lowest BCUT2D eigenvalue weighted by atomic mass is 10.2. The quantitative estimate of drug-likeness (QED) is 0.629. The minimum atomic E-state index is 0.0606. The van der Waals surface area contributed by atoms with Crippen molar-refractivity contribution >= 4 is 28.7 Å². The summed E-state index contributed by atoms with van der Waals surface area (Å²) >= 11 is 1.45. The third-order valence-corrected chi connectivity index (χ3v) is 4.21. The molecule has 0 radical (unpaired) electrons. The maximum absolute atomic E-state index is 11.8. The molecule has 0 fully saturated rings. The van der Waals surface area contributed by atoms with Gasteiger partial charge in [0.2, 0.25) is 5.91 Å². The fourth-order valence-corrected chi connectivity index (χ4v) is 2.78. The van der Waals surface area contributed by atoms with E-state index in [0.29, 0.717) is 5.75 Å². The monoisotopic (exact) mass is 303 g/mol. The Morgan fingerprint density at radius 1 is 1.19 bits per heavy atom. The van der Waals surface area contributed by atoms with Gasteiger partial charge >= 0.3 is 0 Å². The molecule has 0 spiro atoms. The molecule has 0 bridgehead atoms. The predicted molar refractivity (Wildman–Crippen MR) is 87.5 cm³/mol. The first-order valence-electron chi connectivity index (χ1n) is 7.33. The summed E-state index contributed by atoms with van der Waals surface area (Å²) in [6.07, 6.45) is 3.36. The van der Waals surface area contributed by atoms with Gasteiger partial charge in [-0.1, -0.05) is 43.7 Å². The van der Waals surface area contributed by atoms with E-state index in [1.54, 1.807) is 0 Å². The van der Waals surface area contributed by atoms with Gasteiger partial charge in [-0.2, -0.15) is 0 Å². The third-order valence-electron chi connectivity index (χ3n) is 3.14. The number of nitrogens with zero attached hydrogens (tertiary/aromatic N) is 2. The number of nitrogens with one attached hydrogen (secondary N) is 1. The van der Waals surface area contributed by atoms with Gasteiger partial charge in [-0.3, -0.25) is 4.79 Å². The zero-order valence-corrected chi connectivity index (χ0v) is 13.4. The first-order valence-corrected chi connectivity index (χ1v) is 8.32. The first kappa shape index (κ1) is 15.8. The molecule has 112 valence electrons. The van der Waals surface area contributed by atoms with Crippen molar-refractivity contribution in [1.82, 2.24) is 15.3 Å². The molecule has 0 saturated heterocycles. The molecule has 0 unspecified atom stereocenters. The molecule has 5 heteroatoms. The number of hydrogen-bond acceptors (Lipinski definition) is 4. The number of aryl methyl sites for hydroxylation is 1. The average molecular weight is 303 g/mol. The first-order chi connectivity index (χ1) is 10.2. The number of carbonyl (C=O) groups is 1. The minimum Gasteiger partial charge on any atom is -0.355 e. The average Bonchev–Trinajstić information content (AvgIpc) is 2.49. The Balaban J connectivity index is 1.91. The molecule has 1 heterocycles. The topological polar surface area (TPSA) is 54.9 Å². The van der Waals surface area contributed by atoms with Crippen LogP contribution < -0.4 is 5.32 Å². The number of hydrogen-bond donors (Lipinski definition) is 1. The van der Waals surface area contributed by atoms with Gasteiger partial charge in [0.15, 0.2) is 0 Å². The highest BCUT2D eigenvalue weighted by molar-refractivity contribution is 7.99. The molecule has 2 rings (SSSR count). The molecule has 0 aliphatic carbocycles. The maximum atomic E-state index is 11.8. The molecular formula is C16H21N3OS. The summed E-state index contributed by atoms with van der Waals surface area (Å²) in [6.45, 7) is 4.84. The number of amides is 1. The van der Waals surface area contributed by atoms with Crippen molar-refractivity contribution in [3.8, 4) is 0 Å². The van der Waals surface area contributed by atoms with Crippen LogP contribution in [0.2, 0.25) is 0 Å². The van der Waals surface area contributed by atoms with Crippen molar-refractivity contribution in [1.29, 1.82) is 0 Å². The van der Waals surface area contributed by atoms with Crippen LogP contribution in [-0.4, -0.2) is 28.2 Å². The van der Waals surface area contributed by atoms with Crippen molar-refractivity contribution < 1.29 is 4.79 Å². The highest BCUT2D eigenvalue weighted by Gasteiger charge is 2.08. The number of aromatic nitrogens is 2. The Kier molecular flexibility index (Phi) is 5.99. The van der Waals surface area contributed by atoms with Gasteiger partial charge in [-0.05, 0) is 25.5 Å². The molecule has 21 heavy (non-hydrogen) atoms. The highest BCUT2D eigenvalue weighted by atomic mass is 32.2. The van der Waals surface area contributed by atoms with E-state index >= 15 is 0 Å². The highest BCUT2D eigenvalue weighted by Crippen LogP contribution is 2.21. The van der Waals surface area contributed by atoms with Crippen LogP contribution in [0.5, 0.6) is 0 Å². The summed E-state index contributed by atoms with van der Waals surface area (Å²) in [5.74, 6) is 0.449. The summed E-state index contributed by atoms with van der Waals surface area (Å²) in [6, 6.07) is 7.79. The lowest BCUT2D eigenvalue weighted by molar-refractivity contribution is -0.118. The van der Waals surface area contributed by atoms with Crippen LogP contribution in [0.25, 0.3) is 11.0 Å². The second kappa shape index (κ2) is 7.98. The molecule has 0 aliphatic heterocycles. The van der Waals surface area contributed by atoms with E-state index in [9.17, 15) is 4.79 Å². The van der Waals surface area contributed by atoms with Crippen LogP contribution in [0.4, 0.5) is 0 Å². The molecule has 1 aromatic carbocycles. The van der Waals surface area contributed by atoms with Crippen LogP contribution in [0.1, 0.15) is 31.9 Å². The van der Waals surface area contributed by atoms with Crippen molar-refractivity contribution in [2.24, 2.45) is 0 Å². The molecule has 0 atom stereocenters. The van der Waals surface area contributed by atoms with E-state index < -0.39 is 0 Å². The Hall–Kier alpha value is -1.62. The number of para-hydroxylation sites is 2. The van der Waals surface area contributed by atoms with E-state index in [1.165, 1.54) is 11.8 Å². The van der Waals surface area contributed by atoms with Crippen molar-refractivity contribution in [2.45, 2.75) is 38.1 Å². The Bertz CT molecular complexity index is 615. The Labute approximate surface area is 129 Å². The second-order valence-electron chi connectivity index (χ2n) is 4.95. The SMILES string of the molecule is CCCCCNC(=O)CSc1nc2ccccc2nc1C. The summed E-state index contributed by atoms with van der Waals surface area (Å²) in [4.78, 5) is 20.9. The molecule has 1 aromatic heterocycles. The van der Waals surface area contributed by atoms with Gasteiger partial charge in [0.25, 0.3) is 0 Å². The number of unbranched alkanes of at least 4 members (excludes halogenated alkanes) is 2. The predicted octanol–water partition coefficient (Wildman–Crippen LogP) is 3.34. The number of benzene rings is 1. The van der Waals surface area contributed by atoms with Gasteiger partial charge < -0.3 is 5.32 Å². The molecule has 4 nitrogen and oxygen atoms in total. The Morgan fingerprint density at radius 3 is 2.62 bits per heavy atom. The van der Waals surface area contributed by atoms with E-state index in [1.807, 2.05) is 31.2 Å². The van der Waals surface area contributed by atoms with Crippen LogP contribution in [0, 0.1) is 6.92 Å². The lowest BCUT2D eigenvalue weighted by Gasteiger charge is -2.07. The largest absolute Gasteiger partial charge is 0.355 e. The van der Waals surface area contributed by atoms with Crippen molar-refractivity contribution in [3.05, 3.63) is 30.0 Å². The van der Waals surface area contributed by atoms with Crippen LogP contribution in [0.15, 0.2) is 29.3 Å². The summed E-state index contributed by atoms with van der Waals surface area (Å²) in [5, 5.41) is 3.77. The van der Waals surface area contributed by atoms with Gasteiger partial charge in [-0.25, -0.2) is 9.97 Å². The van der Waals surface area contributed by atoms with Crippen LogP contribution >= 0.6 is 11.8 Å². The van der Waals surface area contributed by atoms with Gasteiger partial charge in [-0.15, -0.1) is 0 Å². The molecular weight excluding hydrogens is 282 g/mol. The zero-order chi connectivity index (χ0) is 15.1. The summed E-state index contributed by atoms with van der Waals surface area (Å²) in [5.41, 5.74) is 2.63. The lowest BCUT2D eigenvalue weighted by Crippen LogP contribution is -2.26. The van der Waals surface area contributed by atoms with E-state index in [-0.39, 0.29) is 5.91 Å². The number of rotatable bonds is 7. The van der Waals surface area contributed by atoms with Crippen molar-refractivity contribution in [2.75, 3.05) is 12.3 Å².